The smallest absolute Gasteiger partial charge is 0.317 e. The average Bonchev–Trinajstić information content (AvgIpc) is 2.37. The molecule has 2 amide bonds. The van der Waals surface area contributed by atoms with E-state index in [1.54, 1.807) is 0 Å². The van der Waals surface area contributed by atoms with Crippen LogP contribution >= 0.6 is 0 Å². The molecule has 0 saturated carbocycles. The second kappa shape index (κ2) is 4.48. The Hall–Kier alpha value is -0.770. The number of nitrogens with one attached hydrogen (secondary N) is 1. The number of fused-ring (bicyclic) bond motifs is 2. The summed E-state index contributed by atoms with van der Waals surface area (Å²) in [6.07, 6.45) is 3.65. The highest BCUT2D eigenvalue weighted by molar-refractivity contribution is 5.75. The highest BCUT2D eigenvalue weighted by Gasteiger charge is 2.36. The van der Waals surface area contributed by atoms with Gasteiger partial charge in [-0.1, -0.05) is 0 Å². The number of urea groups is 1. The highest BCUT2D eigenvalue weighted by atomic mass is 16.2. The van der Waals surface area contributed by atoms with Gasteiger partial charge in [0.05, 0.1) is 0 Å². The number of rotatable bonds is 0. The molecule has 2 unspecified atom stereocenters. The largest absolute Gasteiger partial charge is 0.333 e. The Morgan fingerprint density at radius 3 is 2.47 bits per heavy atom. The first-order chi connectivity index (χ1) is 7.87. The quantitative estimate of drug-likeness (QED) is 0.698. The molecule has 98 valence electrons. The molecule has 0 aromatic heterocycles. The first-order valence-corrected chi connectivity index (χ1v) is 6.66. The molecule has 4 nitrogen and oxygen atoms in total. The van der Waals surface area contributed by atoms with Crippen LogP contribution in [0.1, 0.15) is 40.0 Å². The third-order valence-electron chi connectivity index (χ3n) is 3.92. The van der Waals surface area contributed by atoms with Crippen molar-refractivity contribution in [1.29, 1.82) is 0 Å². The number of hydrogen-bond acceptors (Lipinski definition) is 2. The maximum atomic E-state index is 12.1. The van der Waals surface area contributed by atoms with E-state index in [0.717, 1.165) is 19.5 Å². The summed E-state index contributed by atoms with van der Waals surface area (Å²) >= 11 is 0. The van der Waals surface area contributed by atoms with Crippen LogP contribution in [-0.2, 0) is 0 Å². The highest BCUT2D eigenvalue weighted by Crippen LogP contribution is 2.28. The maximum Gasteiger partial charge on any atom is 0.317 e. The van der Waals surface area contributed by atoms with Gasteiger partial charge in [-0.15, -0.1) is 0 Å². The van der Waals surface area contributed by atoms with E-state index in [9.17, 15) is 4.79 Å². The lowest BCUT2D eigenvalue weighted by atomic mass is 10.1. The zero-order valence-electron chi connectivity index (χ0n) is 11.5. The van der Waals surface area contributed by atoms with E-state index in [0.29, 0.717) is 12.1 Å². The zero-order chi connectivity index (χ0) is 12.6. The van der Waals surface area contributed by atoms with Crippen LogP contribution in [0.15, 0.2) is 0 Å². The number of nitrogens with zero attached hydrogens (tertiary/aromatic N) is 2. The maximum absolute atomic E-state index is 12.1. The van der Waals surface area contributed by atoms with Gasteiger partial charge in [0, 0.05) is 30.7 Å². The van der Waals surface area contributed by atoms with Gasteiger partial charge in [-0.2, -0.15) is 0 Å². The fourth-order valence-electron chi connectivity index (χ4n) is 2.89. The van der Waals surface area contributed by atoms with Crippen molar-refractivity contribution in [3.63, 3.8) is 0 Å². The molecule has 2 heterocycles. The molecule has 2 bridgehead atoms. The molecule has 17 heavy (non-hydrogen) atoms. The number of carbonyl (C=O) groups is 1. The van der Waals surface area contributed by atoms with Crippen molar-refractivity contribution >= 4 is 6.03 Å². The Labute approximate surface area is 104 Å². The van der Waals surface area contributed by atoms with Gasteiger partial charge in [0.2, 0.25) is 0 Å². The Kier molecular flexibility index (Phi) is 3.34. The molecule has 1 N–H and O–H groups in total. The van der Waals surface area contributed by atoms with E-state index < -0.39 is 0 Å². The number of amides is 2. The van der Waals surface area contributed by atoms with Gasteiger partial charge in [0.25, 0.3) is 0 Å². The Morgan fingerprint density at radius 1 is 1.18 bits per heavy atom. The molecular weight excluding hydrogens is 214 g/mol. The fraction of sp³-hybridized carbons (Fsp3) is 0.923. The van der Waals surface area contributed by atoms with Crippen molar-refractivity contribution in [3.8, 4) is 0 Å². The predicted molar refractivity (Wildman–Crippen MR) is 69.0 cm³/mol. The Morgan fingerprint density at radius 2 is 1.82 bits per heavy atom. The van der Waals surface area contributed by atoms with Crippen LogP contribution in [0.25, 0.3) is 0 Å². The Bertz CT molecular complexity index is 298. The minimum atomic E-state index is -0.145. The molecule has 2 aliphatic rings. The van der Waals surface area contributed by atoms with E-state index in [1.807, 2.05) is 25.7 Å². The lowest BCUT2D eigenvalue weighted by molar-refractivity contribution is 0.180. The minimum absolute atomic E-state index is 0.0958. The van der Waals surface area contributed by atoms with Gasteiger partial charge in [-0.3, -0.25) is 4.90 Å². The summed E-state index contributed by atoms with van der Waals surface area (Å²) < 4.78 is 0. The second-order valence-electron chi connectivity index (χ2n) is 6.47. The number of hydrogen-bond donors (Lipinski definition) is 1. The molecule has 2 fully saturated rings. The normalized spacial score (nSPS) is 30.2. The van der Waals surface area contributed by atoms with Crippen LogP contribution < -0.4 is 5.32 Å². The second-order valence-corrected chi connectivity index (χ2v) is 6.47. The molecule has 0 radical (unpaired) electrons. The van der Waals surface area contributed by atoms with Crippen LogP contribution in [0, 0.1) is 0 Å². The third-order valence-corrected chi connectivity index (χ3v) is 3.92. The SMILES string of the molecule is CN1C2CCC1CN(C(=O)NC(C)(C)C)CC2. The summed E-state index contributed by atoms with van der Waals surface area (Å²) in [7, 11) is 2.20. The molecule has 0 aliphatic carbocycles. The lowest BCUT2D eigenvalue weighted by Gasteiger charge is -2.29. The van der Waals surface area contributed by atoms with Gasteiger partial charge in [-0.05, 0) is 47.1 Å². The standard InChI is InChI=1S/C13H25N3O/c1-13(2,3)14-12(17)16-8-7-10-5-6-11(9-16)15(10)4/h10-11H,5-9H2,1-4H3,(H,14,17). The van der Waals surface area contributed by atoms with E-state index >= 15 is 0 Å². The van der Waals surface area contributed by atoms with Crippen LogP contribution in [-0.4, -0.2) is 53.6 Å². The summed E-state index contributed by atoms with van der Waals surface area (Å²) in [5, 5.41) is 3.06. The van der Waals surface area contributed by atoms with Crippen LogP contribution in [0.5, 0.6) is 0 Å². The van der Waals surface area contributed by atoms with E-state index in [4.69, 9.17) is 0 Å². The first kappa shape index (κ1) is 12.7. The average molecular weight is 239 g/mol. The molecule has 2 saturated heterocycles. The Balaban J connectivity index is 1.97. The molecule has 4 heteroatoms. The van der Waals surface area contributed by atoms with Crippen molar-refractivity contribution < 1.29 is 4.79 Å². The van der Waals surface area contributed by atoms with E-state index in [-0.39, 0.29) is 11.6 Å². The third kappa shape index (κ3) is 2.92. The van der Waals surface area contributed by atoms with Gasteiger partial charge in [-0.25, -0.2) is 4.79 Å². The topological polar surface area (TPSA) is 35.6 Å². The fourth-order valence-corrected chi connectivity index (χ4v) is 2.89. The monoisotopic (exact) mass is 239 g/mol. The van der Waals surface area contributed by atoms with Crippen LogP contribution in [0.4, 0.5) is 4.79 Å². The van der Waals surface area contributed by atoms with E-state index in [2.05, 4.69) is 17.3 Å². The number of likely N-dealkylation sites (tertiary alicyclic amines) is 1. The van der Waals surface area contributed by atoms with Gasteiger partial charge in [0.1, 0.15) is 0 Å². The molecule has 2 aliphatic heterocycles. The molecule has 0 spiro atoms. The van der Waals surface area contributed by atoms with Crippen molar-refractivity contribution in [1.82, 2.24) is 15.1 Å². The molecule has 0 aromatic carbocycles. The van der Waals surface area contributed by atoms with Crippen molar-refractivity contribution in [2.45, 2.75) is 57.7 Å². The van der Waals surface area contributed by atoms with Gasteiger partial charge in [0.15, 0.2) is 0 Å². The van der Waals surface area contributed by atoms with Crippen molar-refractivity contribution in [2.75, 3.05) is 20.1 Å². The summed E-state index contributed by atoms with van der Waals surface area (Å²) in [6, 6.07) is 1.35. The summed E-state index contributed by atoms with van der Waals surface area (Å²) in [4.78, 5) is 16.6. The van der Waals surface area contributed by atoms with Crippen molar-refractivity contribution in [3.05, 3.63) is 0 Å². The summed E-state index contributed by atoms with van der Waals surface area (Å²) in [5.41, 5.74) is -0.145. The summed E-state index contributed by atoms with van der Waals surface area (Å²) in [5.74, 6) is 0. The van der Waals surface area contributed by atoms with Gasteiger partial charge < -0.3 is 10.2 Å². The van der Waals surface area contributed by atoms with Crippen LogP contribution in [0.2, 0.25) is 0 Å². The first-order valence-electron chi connectivity index (χ1n) is 6.66. The van der Waals surface area contributed by atoms with Crippen molar-refractivity contribution in [2.24, 2.45) is 0 Å². The summed E-state index contributed by atoms with van der Waals surface area (Å²) in [6.45, 7) is 7.87. The lowest BCUT2D eigenvalue weighted by Crippen LogP contribution is -2.50. The molecule has 2 rings (SSSR count). The zero-order valence-corrected chi connectivity index (χ0v) is 11.5. The minimum Gasteiger partial charge on any atom is -0.333 e. The number of likely N-dealkylation sites (N-methyl/N-ethyl adjacent to an activating group) is 1. The molecule has 0 aromatic rings. The van der Waals surface area contributed by atoms with E-state index in [1.165, 1.54) is 12.8 Å². The predicted octanol–water partition coefficient (Wildman–Crippen LogP) is 1.66. The number of carbonyl (C=O) groups excluding carboxylic acids is 1. The van der Waals surface area contributed by atoms with Gasteiger partial charge >= 0.3 is 6.03 Å². The molecule has 2 atom stereocenters. The van der Waals surface area contributed by atoms with Crippen LogP contribution in [0.3, 0.4) is 0 Å². The molecular formula is C13H25N3O.